The van der Waals surface area contributed by atoms with Gasteiger partial charge in [-0.3, -0.25) is 4.21 Å². The summed E-state index contributed by atoms with van der Waals surface area (Å²) in [7, 11) is -4.80. The molecule has 2 heterocycles. The molecule has 19 heavy (non-hydrogen) atoms. The van der Waals surface area contributed by atoms with E-state index in [2.05, 4.69) is 0 Å². The monoisotopic (exact) mass is 323 g/mol. The largest absolute Gasteiger partial charge is 0.477 e. The number of nitrogens with zero attached hydrogens (tertiary/aromatic N) is 1. The van der Waals surface area contributed by atoms with Gasteiger partial charge in [-0.1, -0.05) is 0 Å². The van der Waals surface area contributed by atoms with E-state index in [0.717, 1.165) is 11.3 Å². The molecule has 0 aliphatic carbocycles. The van der Waals surface area contributed by atoms with Crippen LogP contribution in [0.1, 0.15) is 15.2 Å². The Morgan fingerprint density at radius 2 is 2.00 bits per heavy atom. The van der Waals surface area contributed by atoms with Gasteiger partial charge in [-0.05, 0) is 17.9 Å². The van der Waals surface area contributed by atoms with Crippen molar-refractivity contribution in [2.45, 2.75) is 11.8 Å². The molecule has 0 bridgehead atoms. The summed E-state index contributed by atoms with van der Waals surface area (Å²) in [6.07, 6.45) is 0. The van der Waals surface area contributed by atoms with Crippen LogP contribution in [0.2, 0.25) is 0 Å². The number of aryl methyl sites for hydroxylation is 1. The van der Waals surface area contributed by atoms with Crippen LogP contribution >= 0.6 is 11.3 Å². The zero-order chi connectivity index (χ0) is 14.2. The minimum atomic E-state index is -3.82. The molecule has 0 spiro atoms. The summed E-state index contributed by atoms with van der Waals surface area (Å²) in [6.45, 7) is 1.92. The van der Waals surface area contributed by atoms with Gasteiger partial charge in [0.05, 0.1) is 0 Å². The predicted molar refractivity (Wildman–Crippen MR) is 72.7 cm³/mol. The van der Waals surface area contributed by atoms with E-state index < -0.39 is 26.8 Å². The Morgan fingerprint density at radius 3 is 2.53 bits per heavy atom. The van der Waals surface area contributed by atoms with Crippen molar-refractivity contribution in [1.82, 2.24) is 4.31 Å². The Morgan fingerprint density at radius 1 is 1.42 bits per heavy atom. The van der Waals surface area contributed by atoms with Gasteiger partial charge in [0, 0.05) is 35.4 Å². The first-order valence-electron chi connectivity index (χ1n) is 5.50. The fraction of sp³-hybridized carbons (Fsp3) is 0.500. The highest BCUT2D eigenvalue weighted by Gasteiger charge is 2.33. The minimum absolute atomic E-state index is 0.127. The topological polar surface area (TPSA) is 91.8 Å². The number of rotatable bonds is 3. The number of thiophene rings is 1. The maximum atomic E-state index is 12.5. The number of carbonyl (C=O) groups is 1. The molecule has 1 aromatic heterocycles. The van der Waals surface area contributed by atoms with Crippen LogP contribution < -0.4 is 0 Å². The van der Waals surface area contributed by atoms with Crippen molar-refractivity contribution in [3.05, 3.63) is 15.8 Å². The first-order chi connectivity index (χ1) is 8.84. The highest BCUT2D eigenvalue weighted by Crippen LogP contribution is 2.30. The molecular weight excluding hydrogens is 310 g/mol. The second kappa shape index (κ2) is 5.31. The summed E-state index contributed by atoms with van der Waals surface area (Å²) in [4.78, 5) is 10.8. The van der Waals surface area contributed by atoms with Crippen LogP contribution in [0.25, 0.3) is 0 Å². The Labute approximate surface area is 117 Å². The lowest BCUT2D eigenvalue weighted by Gasteiger charge is -2.25. The maximum absolute atomic E-state index is 12.5. The first-order valence-corrected chi connectivity index (χ1v) is 9.31. The van der Waals surface area contributed by atoms with Crippen molar-refractivity contribution >= 4 is 38.1 Å². The van der Waals surface area contributed by atoms with Gasteiger partial charge in [0.1, 0.15) is 9.77 Å². The zero-order valence-electron chi connectivity index (χ0n) is 10.2. The van der Waals surface area contributed by atoms with E-state index in [4.69, 9.17) is 5.11 Å². The average Bonchev–Trinajstić information content (AvgIpc) is 2.72. The normalized spacial score (nSPS) is 18.6. The molecule has 1 saturated heterocycles. The van der Waals surface area contributed by atoms with E-state index in [1.54, 1.807) is 6.92 Å². The number of hydrogen-bond donors (Lipinski definition) is 1. The molecule has 106 valence electrons. The smallest absolute Gasteiger partial charge is 0.347 e. The molecule has 1 aliphatic heterocycles. The lowest BCUT2D eigenvalue weighted by atomic mass is 10.3. The van der Waals surface area contributed by atoms with Gasteiger partial charge in [-0.2, -0.15) is 4.31 Å². The Balaban J connectivity index is 2.42. The van der Waals surface area contributed by atoms with Gasteiger partial charge < -0.3 is 5.11 Å². The molecule has 0 unspecified atom stereocenters. The second-order valence-electron chi connectivity index (χ2n) is 4.13. The summed E-state index contributed by atoms with van der Waals surface area (Å²) < 4.78 is 37.4. The highest BCUT2D eigenvalue weighted by atomic mass is 32.2. The van der Waals surface area contributed by atoms with Gasteiger partial charge in [-0.15, -0.1) is 11.3 Å². The van der Waals surface area contributed by atoms with Crippen LogP contribution in [0.4, 0.5) is 0 Å². The maximum Gasteiger partial charge on any atom is 0.347 e. The minimum Gasteiger partial charge on any atom is -0.477 e. The van der Waals surface area contributed by atoms with Crippen molar-refractivity contribution in [2.24, 2.45) is 0 Å². The standard InChI is InChI=1S/C10H13NO5S3/c1-7-6-17-8(10(12)13)9(7)19(15,16)11-2-4-18(14)5-3-11/h6H,2-5H2,1H3,(H,12,13). The molecule has 6 nitrogen and oxygen atoms in total. The molecule has 1 fully saturated rings. The van der Waals surface area contributed by atoms with Crippen molar-refractivity contribution in [3.8, 4) is 0 Å². The molecule has 2 rings (SSSR count). The fourth-order valence-electron chi connectivity index (χ4n) is 1.89. The summed E-state index contributed by atoms with van der Waals surface area (Å²) in [5, 5.41) is 10.6. The van der Waals surface area contributed by atoms with Crippen LogP contribution in [0, 0.1) is 6.92 Å². The average molecular weight is 323 g/mol. The van der Waals surface area contributed by atoms with Crippen LogP contribution in [0.15, 0.2) is 10.3 Å². The second-order valence-corrected chi connectivity index (χ2v) is 8.58. The molecule has 0 saturated carbocycles. The van der Waals surface area contributed by atoms with E-state index in [-0.39, 0.29) is 22.9 Å². The van der Waals surface area contributed by atoms with E-state index >= 15 is 0 Å². The fourth-order valence-corrected chi connectivity index (χ4v) is 6.20. The summed E-state index contributed by atoms with van der Waals surface area (Å²) in [5.41, 5.74) is 0.439. The van der Waals surface area contributed by atoms with E-state index in [0.29, 0.717) is 17.1 Å². The van der Waals surface area contributed by atoms with Crippen LogP contribution in [-0.2, 0) is 20.8 Å². The molecule has 1 aliphatic rings. The number of sulfonamides is 1. The number of aromatic carboxylic acids is 1. The van der Waals surface area contributed by atoms with E-state index in [1.165, 1.54) is 9.69 Å². The third-order valence-corrected chi connectivity index (χ3v) is 7.42. The third kappa shape index (κ3) is 2.73. The summed E-state index contributed by atoms with van der Waals surface area (Å²) in [6, 6.07) is 0. The first kappa shape index (κ1) is 14.6. The van der Waals surface area contributed by atoms with Gasteiger partial charge in [0.25, 0.3) is 0 Å². The quantitative estimate of drug-likeness (QED) is 0.875. The predicted octanol–water partition coefficient (Wildman–Crippen LogP) is 0.508. The molecule has 0 atom stereocenters. The zero-order valence-corrected chi connectivity index (χ0v) is 12.6. The molecule has 1 N–H and O–H groups in total. The van der Waals surface area contributed by atoms with Crippen LogP contribution in [0.3, 0.4) is 0 Å². The van der Waals surface area contributed by atoms with Crippen molar-refractivity contribution in [1.29, 1.82) is 0 Å². The third-order valence-electron chi connectivity index (χ3n) is 2.85. The van der Waals surface area contributed by atoms with Gasteiger partial charge in [0.2, 0.25) is 10.0 Å². The van der Waals surface area contributed by atoms with E-state index in [9.17, 15) is 17.4 Å². The van der Waals surface area contributed by atoms with Gasteiger partial charge in [-0.25, -0.2) is 13.2 Å². The Bertz CT molecular complexity index is 624. The molecule has 1 aromatic rings. The van der Waals surface area contributed by atoms with Gasteiger partial charge in [0.15, 0.2) is 0 Å². The SMILES string of the molecule is Cc1csc(C(=O)O)c1S(=O)(=O)N1CCS(=O)CC1. The van der Waals surface area contributed by atoms with E-state index in [1.807, 2.05) is 0 Å². The Hall–Kier alpha value is -0.770. The van der Waals surface area contributed by atoms with Crippen molar-refractivity contribution in [3.63, 3.8) is 0 Å². The molecule has 9 heteroatoms. The van der Waals surface area contributed by atoms with Crippen molar-refractivity contribution < 1.29 is 22.5 Å². The molecular formula is C10H13NO5S3. The number of hydrogen-bond acceptors (Lipinski definition) is 5. The van der Waals surface area contributed by atoms with Gasteiger partial charge >= 0.3 is 5.97 Å². The van der Waals surface area contributed by atoms with Crippen LogP contribution in [0.5, 0.6) is 0 Å². The van der Waals surface area contributed by atoms with Crippen LogP contribution in [-0.4, -0.2) is 52.6 Å². The molecule has 0 radical (unpaired) electrons. The summed E-state index contributed by atoms with van der Waals surface area (Å²) in [5.74, 6) is -0.646. The highest BCUT2D eigenvalue weighted by molar-refractivity contribution is 7.90. The lowest BCUT2D eigenvalue weighted by Crippen LogP contribution is -2.42. The number of carboxylic acids is 1. The molecule has 0 amide bonds. The van der Waals surface area contributed by atoms with Crippen molar-refractivity contribution in [2.75, 3.05) is 24.6 Å². The summed E-state index contributed by atoms with van der Waals surface area (Å²) >= 11 is 0.910. The lowest BCUT2D eigenvalue weighted by molar-refractivity contribution is 0.0698. The number of carboxylic acid groups (broad SMARTS) is 1. The Kier molecular flexibility index (Phi) is 4.09. The molecule has 0 aromatic carbocycles.